The summed E-state index contributed by atoms with van der Waals surface area (Å²) in [7, 11) is -2.08. The third kappa shape index (κ3) is 5.29. The van der Waals surface area contributed by atoms with Gasteiger partial charge in [-0.1, -0.05) is 49.4 Å². The smallest absolute Gasteiger partial charge is 0.305 e. The molecule has 5 atom stereocenters. The highest BCUT2D eigenvalue weighted by atomic mass is 28.4. The Bertz CT molecular complexity index is 1350. The number of methoxy groups -OCH3 is 1. The van der Waals surface area contributed by atoms with Gasteiger partial charge in [0.25, 0.3) is 5.91 Å². The van der Waals surface area contributed by atoms with Gasteiger partial charge in [-0.25, -0.2) is 0 Å². The molecule has 5 rings (SSSR count). The number of benzene rings is 2. The zero-order valence-electron chi connectivity index (χ0n) is 24.8. The van der Waals surface area contributed by atoms with Crippen molar-refractivity contribution in [2.75, 3.05) is 25.2 Å². The summed E-state index contributed by atoms with van der Waals surface area (Å²) in [5.74, 6) is -1.24. The molecular formula is C32H41FN2O6Si. The fourth-order valence-electron chi connectivity index (χ4n) is 7.40. The number of rotatable bonds is 9. The molecule has 0 aromatic heterocycles. The van der Waals surface area contributed by atoms with E-state index in [9.17, 15) is 19.5 Å². The van der Waals surface area contributed by atoms with E-state index in [0.717, 1.165) is 16.8 Å². The molecule has 3 heterocycles. The van der Waals surface area contributed by atoms with Crippen LogP contribution >= 0.6 is 0 Å². The lowest BCUT2D eigenvalue weighted by atomic mass is 9.82. The van der Waals surface area contributed by atoms with Gasteiger partial charge in [-0.2, -0.15) is 0 Å². The van der Waals surface area contributed by atoms with Crippen LogP contribution in [-0.2, 0) is 42.4 Å². The van der Waals surface area contributed by atoms with Gasteiger partial charge < -0.3 is 28.5 Å². The third-order valence-corrected chi connectivity index (χ3v) is 11.8. The van der Waals surface area contributed by atoms with Crippen LogP contribution < -0.4 is 4.90 Å². The van der Waals surface area contributed by atoms with Crippen molar-refractivity contribution in [2.24, 2.45) is 5.92 Å². The number of carbonyl (C=O) groups excluding carboxylic acids is 3. The fourth-order valence-corrected chi connectivity index (χ4v) is 9.89. The SMILES string of the molecule is COC(=O)CCCCN1C(=O)[C@@]2(O[C@@H](CC(=O)N3Cc4ccccc4C[C@H]3CO)[C@H]([Si](C)(C)F)[C@H]2C)c2ccccc21. The summed E-state index contributed by atoms with van der Waals surface area (Å²) in [5.41, 5.74) is 1.59. The first-order chi connectivity index (χ1) is 20.0. The normalized spacial score (nSPS) is 26.9. The van der Waals surface area contributed by atoms with Gasteiger partial charge in [0.15, 0.2) is 5.60 Å². The van der Waals surface area contributed by atoms with E-state index in [2.05, 4.69) is 0 Å². The highest BCUT2D eigenvalue weighted by Crippen LogP contribution is 2.60. The van der Waals surface area contributed by atoms with Crippen molar-refractivity contribution in [2.45, 2.75) is 82.0 Å². The Morgan fingerprint density at radius 1 is 1.12 bits per heavy atom. The maximum atomic E-state index is 16.1. The van der Waals surface area contributed by atoms with Gasteiger partial charge in [-0.3, -0.25) is 14.4 Å². The third-order valence-electron chi connectivity index (χ3n) is 9.37. The fraction of sp³-hybridized carbons (Fsp3) is 0.531. The van der Waals surface area contributed by atoms with Crippen molar-refractivity contribution in [3.05, 3.63) is 65.2 Å². The number of hydrogen-bond donors (Lipinski definition) is 1. The Kier molecular flexibility index (Phi) is 8.60. The number of amides is 2. The number of aliphatic hydroxyl groups is 1. The van der Waals surface area contributed by atoms with Crippen LogP contribution in [0.1, 0.15) is 49.3 Å². The van der Waals surface area contributed by atoms with Crippen LogP contribution in [0.5, 0.6) is 0 Å². The molecule has 2 amide bonds. The predicted molar refractivity (Wildman–Crippen MR) is 159 cm³/mol. The van der Waals surface area contributed by atoms with Gasteiger partial charge in [0, 0.05) is 36.5 Å². The molecule has 2 aromatic rings. The first-order valence-electron chi connectivity index (χ1n) is 14.8. The largest absolute Gasteiger partial charge is 0.469 e. The molecule has 1 fully saturated rings. The molecule has 2 aromatic carbocycles. The Labute approximate surface area is 248 Å². The lowest BCUT2D eigenvalue weighted by molar-refractivity contribution is -0.151. The molecule has 3 aliphatic heterocycles. The molecule has 1 N–H and O–H groups in total. The van der Waals surface area contributed by atoms with Crippen molar-refractivity contribution in [1.82, 2.24) is 4.90 Å². The van der Waals surface area contributed by atoms with Gasteiger partial charge in [0.05, 0.1) is 38.0 Å². The maximum Gasteiger partial charge on any atom is 0.305 e. The van der Waals surface area contributed by atoms with Gasteiger partial charge in [0.1, 0.15) is 0 Å². The number of aliphatic hydroxyl groups excluding tert-OH is 1. The lowest BCUT2D eigenvalue weighted by Crippen LogP contribution is -2.48. The number of hydrogen-bond acceptors (Lipinski definition) is 6. The standard InChI is InChI=1S/C32H41FN2O6Si/c1-21-30(42(3,4)33)27(18-28(37)35-19-23-12-6-5-11-22(23)17-24(35)20-36)41-32(21)25-13-7-8-14-26(25)34(31(32)39)16-10-9-15-29(38)40-2/h5-8,11-14,21,24,27,30,36H,9-10,15-20H2,1-4H3/t21-,24+,27+,30-,32+/m1/s1. The molecule has 0 bridgehead atoms. The summed E-state index contributed by atoms with van der Waals surface area (Å²) in [6.07, 6.45) is 1.12. The van der Waals surface area contributed by atoms with Crippen LogP contribution in [0.3, 0.4) is 0 Å². The van der Waals surface area contributed by atoms with Gasteiger partial charge in [0.2, 0.25) is 14.3 Å². The summed E-state index contributed by atoms with van der Waals surface area (Å²) in [5, 5.41) is 10.1. The van der Waals surface area contributed by atoms with Crippen molar-refractivity contribution in [1.29, 1.82) is 0 Å². The summed E-state index contributed by atoms with van der Waals surface area (Å²) >= 11 is 0. The van der Waals surface area contributed by atoms with E-state index in [1.165, 1.54) is 7.11 Å². The summed E-state index contributed by atoms with van der Waals surface area (Å²) in [4.78, 5) is 43.1. The zero-order chi connectivity index (χ0) is 30.2. The Balaban J connectivity index is 1.42. The number of para-hydroxylation sites is 1. The van der Waals surface area contributed by atoms with E-state index in [1.807, 2.05) is 55.5 Å². The van der Waals surface area contributed by atoms with Crippen LogP contribution in [0.15, 0.2) is 48.5 Å². The van der Waals surface area contributed by atoms with Crippen molar-refractivity contribution < 1.29 is 33.1 Å². The number of ether oxygens (including phenoxy) is 2. The zero-order valence-corrected chi connectivity index (χ0v) is 25.8. The average Bonchev–Trinajstić information content (AvgIpc) is 3.40. The van der Waals surface area contributed by atoms with Crippen LogP contribution in [0.2, 0.25) is 18.6 Å². The quantitative estimate of drug-likeness (QED) is 0.198. The van der Waals surface area contributed by atoms with Gasteiger partial charge >= 0.3 is 5.97 Å². The number of fused-ring (bicyclic) bond motifs is 3. The number of nitrogens with zero attached hydrogens (tertiary/aromatic N) is 2. The van der Waals surface area contributed by atoms with E-state index in [4.69, 9.17) is 9.47 Å². The maximum absolute atomic E-state index is 16.1. The number of carbonyl (C=O) groups is 3. The second-order valence-electron chi connectivity index (χ2n) is 12.3. The topological polar surface area (TPSA) is 96.4 Å². The Hall–Kier alpha value is -3.08. The predicted octanol–water partition coefficient (Wildman–Crippen LogP) is 4.49. The molecular weight excluding hydrogens is 555 g/mol. The van der Waals surface area contributed by atoms with Crippen molar-refractivity contribution in [3.8, 4) is 0 Å². The minimum absolute atomic E-state index is 0.0651. The highest BCUT2D eigenvalue weighted by Gasteiger charge is 2.66. The first-order valence-corrected chi connectivity index (χ1v) is 17.8. The van der Waals surface area contributed by atoms with Crippen LogP contribution in [0.4, 0.5) is 9.80 Å². The molecule has 0 aliphatic carbocycles. The van der Waals surface area contributed by atoms with E-state index < -0.39 is 31.6 Å². The molecule has 1 spiro atoms. The van der Waals surface area contributed by atoms with E-state index in [1.54, 1.807) is 22.9 Å². The molecule has 0 saturated carbocycles. The van der Waals surface area contributed by atoms with Crippen LogP contribution in [0.25, 0.3) is 0 Å². The molecule has 0 radical (unpaired) electrons. The number of anilines is 1. The van der Waals surface area contributed by atoms with E-state index >= 15 is 4.11 Å². The van der Waals surface area contributed by atoms with Crippen LogP contribution in [0, 0.1) is 5.92 Å². The minimum atomic E-state index is -3.43. The summed E-state index contributed by atoms with van der Waals surface area (Å²) in [6.45, 7) is 5.72. The molecule has 226 valence electrons. The number of halogens is 1. The molecule has 0 unspecified atom stereocenters. The first kappa shape index (κ1) is 30.4. The molecule has 1 saturated heterocycles. The van der Waals surface area contributed by atoms with E-state index in [-0.39, 0.29) is 43.3 Å². The highest BCUT2D eigenvalue weighted by molar-refractivity contribution is 6.72. The molecule has 3 aliphatic rings. The second kappa shape index (κ2) is 11.9. The summed E-state index contributed by atoms with van der Waals surface area (Å²) in [6, 6.07) is 15.0. The minimum Gasteiger partial charge on any atom is -0.469 e. The van der Waals surface area contributed by atoms with Gasteiger partial charge in [-0.05, 0) is 49.5 Å². The Morgan fingerprint density at radius 2 is 1.81 bits per heavy atom. The summed E-state index contributed by atoms with van der Waals surface area (Å²) < 4.78 is 27.6. The average molecular weight is 597 g/mol. The monoisotopic (exact) mass is 596 g/mol. The van der Waals surface area contributed by atoms with Crippen molar-refractivity contribution >= 4 is 31.9 Å². The number of unbranched alkanes of at least 4 members (excludes halogenated alkanes) is 1. The Morgan fingerprint density at radius 3 is 2.50 bits per heavy atom. The number of esters is 1. The lowest BCUT2D eigenvalue weighted by Gasteiger charge is -2.37. The van der Waals surface area contributed by atoms with Crippen LogP contribution in [-0.4, -0.2) is 68.6 Å². The second-order valence-corrected chi connectivity index (χ2v) is 16.1. The molecule has 42 heavy (non-hydrogen) atoms. The van der Waals surface area contributed by atoms with Crippen molar-refractivity contribution in [3.63, 3.8) is 0 Å². The molecule has 10 heteroatoms. The molecule has 8 nitrogen and oxygen atoms in total. The van der Waals surface area contributed by atoms with Gasteiger partial charge in [-0.15, -0.1) is 0 Å². The van der Waals surface area contributed by atoms with E-state index in [0.29, 0.717) is 37.9 Å².